The van der Waals surface area contributed by atoms with E-state index in [0.717, 1.165) is 34.8 Å². The number of nitrogens with one attached hydrogen (secondary N) is 1. The molecule has 1 N–H and O–H groups in total. The highest BCUT2D eigenvalue weighted by Crippen LogP contribution is 2.22. The molecule has 5 nitrogen and oxygen atoms in total. The Balaban J connectivity index is 1.81. The molecular formula is C20H20N3O2-. The number of aromatic nitrogens is 2. The van der Waals surface area contributed by atoms with Gasteiger partial charge in [-0.2, -0.15) is 0 Å². The Labute approximate surface area is 147 Å². The Kier molecular flexibility index (Phi) is 5.14. The summed E-state index contributed by atoms with van der Waals surface area (Å²) < 4.78 is 2.10. The second-order valence-electron chi connectivity index (χ2n) is 5.76. The van der Waals surface area contributed by atoms with Gasteiger partial charge in [-0.3, -0.25) is 0 Å². The van der Waals surface area contributed by atoms with Crippen LogP contribution in [0.2, 0.25) is 0 Å². The van der Waals surface area contributed by atoms with Crippen LogP contribution in [0, 0.1) is 0 Å². The zero-order valence-corrected chi connectivity index (χ0v) is 14.1. The van der Waals surface area contributed by atoms with E-state index in [2.05, 4.69) is 35.1 Å². The smallest absolute Gasteiger partial charge is 0.134 e. The minimum Gasteiger partial charge on any atom is -0.530 e. The molecule has 0 saturated heterocycles. The molecule has 0 radical (unpaired) electrons. The fourth-order valence-corrected chi connectivity index (χ4v) is 2.77. The standard InChI is InChI=1S/C20H21N3O2/c1-2-19-22-18(16-6-4-3-5-7-16)14-23(19)17-10-8-15(9-11-17)12-13-21-20(24)25/h3-11,14,21H,2,12-13H2,1H3,(H,24,25)/p-1. The third kappa shape index (κ3) is 4.07. The Morgan fingerprint density at radius 1 is 1.12 bits per heavy atom. The summed E-state index contributed by atoms with van der Waals surface area (Å²) in [5, 5.41) is 12.7. The van der Waals surface area contributed by atoms with Crippen LogP contribution in [-0.4, -0.2) is 22.2 Å². The molecule has 3 aromatic rings. The molecule has 0 aliphatic heterocycles. The molecule has 0 aliphatic rings. The molecule has 2 aromatic carbocycles. The molecular weight excluding hydrogens is 314 g/mol. The number of carbonyl (C=O) groups excluding carboxylic acids is 1. The average molecular weight is 334 g/mol. The zero-order chi connectivity index (χ0) is 17.6. The van der Waals surface area contributed by atoms with Crippen molar-refractivity contribution in [3.63, 3.8) is 0 Å². The minimum atomic E-state index is -1.24. The highest BCUT2D eigenvalue weighted by atomic mass is 16.4. The number of nitrogens with zero attached hydrogens (tertiary/aromatic N) is 2. The van der Waals surface area contributed by atoms with Gasteiger partial charge in [0.25, 0.3) is 0 Å². The third-order valence-electron chi connectivity index (χ3n) is 4.06. The number of rotatable bonds is 6. The third-order valence-corrected chi connectivity index (χ3v) is 4.06. The molecule has 5 heteroatoms. The van der Waals surface area contributed by atoms with Crippen LogP contribution in [0.5, 0.6) is 0 Å². The first-order valence-electron chi connectivity index (χ1n) is 8.35. The monoisotopic (exact) mass is 334 g/mol. The summed E-state index contributed by atoms with van der Waals surface area (Å²) >= 11 is 0. The van der Waals surface area contributed by atoms with Gasteiger partial charge < -0.3 is 19.8 Å². The zero-order valence-electron chi connectivity index (χ0n) is 14.1. The van der Waals surface area contributed by atoms with Crippen molar-refractivity contribution >= 4 is 6.09 Å². The van der Waals surface area contributed by atoms with E-state index < -0.39 is 6.09 Å². The van der Waals surface area contributed by atoms with Gasteiger partial charge in [-0.15, -0.1) is 0 Å². The van der Waals surface area contributed by atoms with Crippen molar-refractivity contribution < 1.29 is 9.90 Å². The summed E-state index contributed by atoms with van der Waals surface area (Å²) in [4.78, 5) is 15.1. The Hall–Kier alpha value is -3.08. The van der Waals surface area contributed by atoms with Gasteiger partial charge >= 0.3 is 0 Å². The number of imidazole rings is 1. The fraction of sp³-hybridized carbons (Fsp3) is 0.200. The second-order valence-corrected chi connectivity index (χ2v) is 5.76. The molecule has 128 valence electrons. The predicted octanol–water partition coefficient (Wildman–Crippen LogP) is 2.58. The summed E-state index contributed by atoms with van der Waals surface area (Å²) in [5.41, 5.74) is 4.17. The van der Waals surface area contributed by atoms with E-state index in [1.165, 1.54) is 0 Å². The normalized spacial score (nSPS) is 10.6. The van der Waals surface area contributed by atoms with E-state index in [0.29, 0.717) is 13.0 Å². The first-order chi connectivity index (χ1) is 12.2. The first-order valence-corrected chi connectivity index (χ1v) is 8.35. The number of hydrogen-bond donors (Lipinski definition) is 1. The summed E-state index contributed by atoms with van der Waals surface area (Å²) in [6.45, 7) is 2.44. The lowest BCUT2D eigenvalue weighted by molar-refractivity contribution is -0.250. The van der Waals surface area contributed by atoms with Gasteiger partial charge in [0, 0.05) is 30.4 Å². The van der Waals surface area contributed by atoms with Gasteiger partial charge in [0.05, 0.1) is 5.69 Å². The summed E-state index contributed by atoms with van der Waals surface area (Å²) in [5.74, 6) is 1.00. The van der Waals surface area contributed by atoms with E-state index in [1.807, 2.05) is 42.5 Å². The van der Waals surface area contributed by atoms with Crippen LogP contribution in [0.15, 0.2) is 60.8 Å². The van der Waals surface area contributed by atoms with E-state index >= 15 is 0 Å². The molecule has 0 fully saturated rings. The van der Waals surface area contributed by atoms with Gasteiger partial charge in [0.15, 0.2) is 0 Å². The number of hydrogen-bond acceptors (Lipinski definition) is 3. The van der Waals surface area contributed by atoms with Gasteiger partial charge in [0.1, 0.15) is 11.9 Å². The van der Waals surface area contributed by atoms with Gasteiger partial charge in [-0.1, -0.05) is 49.4 Å². The second kappa shape index (κ2) is 7.66. The Morgan fingerprint density at radius 2 is 1.84 bits per heavy atom. The Bertz CT molecular complexity index is 839. The maximum absolute atomic E-state index is 10.4. The lowest BCUT2D eigenvalue weighted by Gasteiger charge is -2.09. The van der Waals surface area contributed by atoms with E-state index in [9.17, 15) is 9.90 Å². The van der Waals surface area contributed by atoms with Crippen molar-refractivity contribution in [1.82, 2.24) is 14.9 Å². The van der Waals surface area contributed by atoms with Gasteiger partial charge in [-0.05, 0) is 24.1 Å². The number of benzene rings is 2. The SMILES string of the molecule is CCc1nc(-c2ccccc2)cn1-c1ccc(CCNC(=O)[O-])cc1. The number of carbonyl (C=O) groups is 1. The number of carboxylic acid groups (broad SMARTS) is 1. The van der Waals surface area contributed by atoms with Crippen molar-refractivity contribution in [1.29, 1.82) is 0 Å². The van der Waals surface area contributed by atoms with E-state index in [4.69, 9.17) is 4.98 Å². The molecule has 0 saturated carbocycles. The molecule has 25 heavy (non-hydrogen) atoms. The lowest BCUT2D eigenvalue weighted by Crippen LogP contribution is -2.37. The maximum Gasteiger partial charge on any atom is 0.134 e. The topological polar surface area (TPSA) is 70.0 Å². The van der Waals surface area contributed by atoms with E-state index in [-0.39, 0.29) is 0 Å². The fourth-order valence-electron chi connectivity index (χ4n) is 2.77. The summed E-state index contributed by atoms with van der Waals surface area (Å²) in [6, 6.07) is 18.2. The van der Waals surface area contributed by atoms with Gasteiger partial charge in [-0.25, -0.2) is 4.98 Å². The molecule has 0 aliphatic carbocycles. The van der Waals surface area contributed by atoms with Crippen LogP contribution in [0.3, 0.4) is 0 Å². The first kappa shape index (κ1) is 16.8. The van der Waals surface area contributed by atoms with Crippen LogP contribution in [-0.2, 0) is 12.8 Å². The Morgan fingerprint density at radius 3 is 2.48 bits per heavy atom. The molecule has 1 aromatic heterocycles. The van der Waals surface area contributed by atoms with Crippen LogP contribution in [0.4, 0.5) is 4.79 Å². The van der Waals surface area contributed by atoms with Crippen molar-refractivity contribution in [3.8, 4) is 16.9 Å². The van der Waals surface area contributed by atoms with Crippen molar-refractivity contribution in [3.05, 3.63) is 72.2 Å². The van der Waals surface area contributed by atoms with Crippen molar-refractivity contribution in [2.75, 3.05) is 6.54 Å². The predicted molar refractivity (Wildman–Crippen MR) is 95.5 cm³/mol. The lowest BCUT2D eigenvalue weighted by atomic mass is 10.1. The highest BCUT2D eigenvalue weighted by molar-refractivity contribution is 5.61. The van der Waals surface area contributed by atoms with Gasteiger partial charge in [0.2, 0.25) is 0 Å². The largest absolute Gasteiger partial charge is 0.530 e. The van der Waals surface area contributed by atoms with Crippen molar-refractivity contribution in [2.24, 2.45) is 0 Å². The summed E-state index contributed by atoms with van der Waals surface area (Å²) in [7, 11) is 0. The molecule has 0 spiro atoms. The van der Waals surface area contributed by atoms with Crippen molar-refractivity contribution in [2.45, 2.75) is 19.8 Å². The van der Waals surface area contributed by atoms with Crippen LogP contribution in [0.1, 0.15) is 18.3 Å². The van der Waals surface area contributed by atoms with Crippen LogP contribution < -0.4 is 10.4 Å². The quantitative estimate of drug-likeness (QED) is 0.753. The number of amides is 1. The van der Waals surface area contributed by atoms with Crippen LogP contribution >= 0.6 is 0 Å². The molecule has 3 rings (SSSR count). The minimum absolute atomic E-state index is 0.352. The summed E-state index contributed by atoms with van der Waals surface area (Å²) in [6.07, 6.45) is 2.29. The van der Waals surface area contributed by atoms with E-state index in [1.54, 1.807) is 0 Å². The average Bonchev–Trinajstić information content (AvgIpc) is 3.07. The maximum atomic E-state index is 10.4. The van der Waals surface area contributed by atoms with Crippen LogP contribution in [0.25, 0.3) is 16.9 Å². The highest BCUT2D eigenvalue weighted by Gasteiger charge is 2.09. The molecule has 0 atom stereocenters. The molecule has 0 bridgehead atoms. The molecule has 0 unspecified atom stereocenters. The molecule has 1 amide bonds. The number of aryl methyl sites for hydroxylation is 1. The molecule has 1 heterocycles.